The molecule has 0 heterocycles. The van der Waals surface area contributed by atoms with Crippen LogP contribution in [0.2, 0.25) is 0 Å². The zero-order valence-electron chi connectivity index (χ0n) is 8.79. The highest BCUT2D eigenvalue weighted by molar-refractivity contribution is 5.73. The predicted molar refractivity (Wildman–Crippen MR) is 54.8 cm³/mol. The largest absolute Gasteiger partial charge is 0.469 e. The highest BCUT2D eigenvalue weighted by atomic mass is 16.5. The molecule has 2 rings (SSSR count). The van der Waals surface area contributed by atoms with Gasteiger partial charge < -0.3 is 4.74 Å². The van der Waals surface area contributed by atoms with Crippen LogP contribution in [-0.4, -0.2) is 13.1 Å². The third kappa shape index (κ3) is 1.84. The minimum atomic E-state index is -0.00722. The predicted octanol–water partition coefficient (Wildman–Crippen LogP) is 2.69. The van der Waals surface area contributed by atoms with Gasteiger partial charge in [0, 0.05) is 0 Å². The average Bonchev–Trinajstić information content (AvgIpc) is 2.40. The molecule has 0 aromatic heterocycles. The number of hydrogen-bond donors (Lipinski definition) is 0. The normalized spacial score (nSPS) is 31.6. The Morgan fingerprint density at radius 1 is 1.50 bits per heavy atom. The summed E-state index contributed by atoms with van der Waals surface area (Å²) < 4.78 is 4.85. The van der Waals surface area contributed by atoms with Gasteiger partial charge in [-0.25, -0.2) is 0 Å². The summed E-state index contributed by atoms with van der Waals surface area (Å²) in [5.41, 5.74) is 1.58. The molecule has 0 amide bonds. The van der Waals surface area contributed by atoms with Gasteiger partial charge in [-0.3, -0.25) is 4.79 Å². The Balaban J connectivity index is 2.11. The molecule has 1 saturated carbocycles. The van der Waals surface area contributed by atoms with Crippen molar-refractivity contribution in [1.29, 1.82) is 0 Å². The van der Waals surface area contributed by atoms with Crippen LogP contribution in [0.5, 0.6) is 0 Å². The molecule has 2 bridgehead atoms. The molecule has 0 aromatic carbocycles. The number of carbonyl (C=O) groups is 1. The molecule has 0 saturated heterocycles. The van der Waals surface area contributed by atoms with Crippen LogP contribution in [0.3, 0.4) is 0 Å². The summed E-state index contributed by atoms with van der Waals surface area (Å²) >= 11 is 0. The lowest BCUT2D eigenvalue weighted by Gasteiger charge is -2.27. The molecule has 0 aromatic rings. The van der Waals surface area contributed by atoms with Gasteiger partial charge in [-0.2, -0.15) is 0 Å². The number of allylic oxidation sites excluding steroid dienone is 2. The highest BCUT2D eigenvalue weighted by Gasteiger charge is 2.32. The van der Waals surface area contributed by atoms with Gasteiger partial charge in [-0.1, -0.05) is 18.1 Å². The minimum Gasteiger partial charge on any atom is -0.469 e. The van der Waals surface area contributed by atoms with Gasteiger partial charge in [0.05, 0.1) is 13.0 Å². The first-order valence-electron chi connectivity index (χ1n) is 5.57. The standard InChI is InChI=1S/C12H18O2/c1-14-12(13)11-7-6-9-4-2-3-5-10(11)8-9/h6,10-11H,2-5,7-8H2,1H3/t10-,11+/m0/s1. The Kier molecular flexibility index (Phi) is 2.90. The lowest BCUT2D eigenvalue weighted by atomic mass is 9.78. The zero-order valence-corrected chi connectivity index (χ0v) is 8.79. The van der Waals surface area contributed by atoms with Gasteiger partial charge >= 0.3 is 5.97 Å². The number of esters is 1. The maximum atomic E-state index is 11.5. The highest BCUT2D eigenvalue weighted by Crippen LogP contribution is 2.38. The first kappa shape index (κ1) is 9.75. The van der Waals surface area contributed by atoms with E-state index in [0.29, 0.717) is 5.92 Å². The molecule has 14 heavy (non-hydrogen) atoms. The van der Waals surface area contributed by atoms with Gasteiger partial charge in [-0.15, -0.1) is 0 Å². The number of ether oxygens (including phenoxy) is 1. The monoisotopic (exact) mass is 194 g/mol. The SMILES string of the molecule is COC(=O)[C@@H]1CC=C2CCCC[C@H]1C2. The molecule has 0 spiro atoms. The summed E-state index contributed by atoms with van der Waals surface area (Å²) in [7, 11) is 1.50. The molecule has 2 atom stereocenters. The van der Waals surface area contributed by atoms with E-state index in [0.717, 1.165) is 12.8 Å². The summed E-state index contributed by atoms with van der Waals surface area (Å²) in [4.78, 5) is 11.5. The fourth-order valence-electron chi connectivity index (χ4n) is 2.75. The Labute approximate surface area is 85.3 Å². The molecule has 2 heteroatoms. The molecule has 0 radical (unpaired) electrons. The molecule has 2 aliphatic rings. The van der Waals surface area contributed by atoms with E-state index in [9.17, 15) is 4.79 Å². The third-order valence-corrected chi connectivity index (χ3v) is 3.58. The van der Waals surface area contributed by atoms with Crippen molar-refractivity contribution >= 4 is 5.97 Å². The van der Waals surface area contributed by atoms with Crippen LogP contribution < -0.4 is 0 Å². The first-order chi connectivity index (χ1) is 6.81. The Morgan fingerprint density at radius 3 is 3.14 bits per heavy atom. The van der Waals surface area contributed by atoms with E-state index in [1.165, 1.54) is 32.8 Å². The smallest absolute Gasteiger partial charge is 0.309 e. The second-order valence-electron chi connectivity index (χ2n) is 4.44. The van der Waals surface area contributed by atoms with Gasteiger partial charge in [-0.05, 0) is 38.0 Å². The lowest BCUT2D eigenvalue weighted by molar-refractivity contribution is -0.147. The van der Waals surface area contributed by atoms with E-state index in [1.54, 1.807) is 5.57 Å². The van der Waals surface area contributed by atoms with Crippen LogP contribution in [0.15, 0.2) is 11.6 Å². The lowest BCUT2D eigenvalue weighted by Crippen LogP contribution is -2.27. The summed E-state index contributed by atoms with van der Waals surface area (Å²) in [6.45, 7) is 0. The molecule has 1 fully saturated rings. The average molecular weight is 194 g/mol. The number of fused-ring (bicyclic) bond motifs is 2. The van der Waals surface area contributed by atoms with E-state index in [1.807, 2.05) is 0 Å². The fourth-order valence-corrected chi connectivity index (χ4v) is 2.75. The number of rotatable bonds is 1. The molecular formula is C12H18O2. The number of carbonyl (C=O) groups excluding carboxylic acids is 1. The van der Waals surface area contributed by atoms with E-state index in [-0.39, 0.29) is 11.9 Å². The molecule has 0 N–H and O–H groups in total. The maximum Gasteiger partial charge on any atom is 0.309 e. The molecule has 0 aliphatic heterocycles. The maximum absolute atomic E-state index is 11.5. The fraction of sp³-hybridized carbons (Fsp3) is 0.750. The van der Waals surface area contributed by atoms with Gasteiger partial charge in [0.25, 0.3) is 0 Å². The van der Waals surface area contributed by atoms with Crippen LogP contribution in [0.1, 0.15) is 38.5 Å². The van der Waals surface area contributed by atoms with E-state index < -0.39 is 0 Å². The molecule has 2 nitrogen and oxygen atoms in total. The van der Waals surface area contributed by atoms with Crippen molar-refractivity contribution in [2.75, 3.05) is 7.11 Å². The molecule has 0 unspecified atom stereocenters. The Morgan fingerprint density at radius 2 is 2.36 bits per heavy atom. The van der Waals surface area contributed by atoms with Crippen molar-refractivity contribution in [2.24, 2.45) is 11.8 Å². The summed E-state index contributed by atoms with van der Waals surface area (Å²) in [5, 5.41) is 0. The molecule has 78 valence electrons. The minimum absolute atomic E-state index is 0.00722. The summed E-state index contributed by atoms with van der Waals surface area (Å²) in [5.74, 6) is 0.694. The van der Waals surface area contributed by atoms with Crippen molar-refractivity contribution in [2.45, 2.75) is 38.5 Å². The Bertz CT molecular complexity index is 255. The van der Waals surface area contributed by atoms with Crippen molar-refractivity contribution in [3.63, 3.8) is 0 Å². The van der Waals surface area contributed by atoms with Crippen LogP contribution in [0, 0.1) is 11.8 Å². The van der Waals surface area contributed by atoms with Gasteiger partial charge in [0.1, 0.15) is 0 Å². The topological polar surface area (TPSA) is 26.3 Å². The van der Waals surface area contributed by atoms with Gasteiger partial charge in [0.2, 0.25) is 0 Å². The Hall–Kier alpha value is -0.790. The third-order valence-electron chi connectivity index (χ3n) is 3.58. The molecular weight excluding hydrogens is 176 g/mol. The summed E-state index contributed by atoms with van der Waals surface area (Å²) in [6.07, 6.45) is 9.35. The second kappa shape index (κ2) is 4.16. The molecule has 2 aliphatic carbocycles. The van der Waals surface area contributed by atoms with Crippen molar-refractivity contribution < 1.29 is 9.53 Å². The van der Waals surface area contributed by atoms with Crippen LogP contribution in [-0.2, 0) is 9.53 Å². The van der Waals surface area contributed by atoms with Crippen LogP contribution >= 0.6 is 0 Å². The van der Waals surface area contributed by atoms with E-state index in [2.05, 4.69) is 6.08 Å². The number of methoxy groups -OCH3 is 1. The van der Waals surface area contributed by atoms with Crippen molar-refractivity contribution in [3.05, 3.63) is 11.6 Å². The number of hydrogen-bond acceptors (Lipinski definition) is 2. The summed E-state index contributed by atoms with van der Waals surface area (Å²) in [6, 6.07) is 0. The van der Waals surface area contributed by atoms with Crippen LogP contribution in [0.4, 0.5) is 0 Å². The van der Waals surface area contributed by atoms with Crippen LogP contribution in [0.25, 0.3) is 0 Å². The zero-order chi connectivity index (χ0) is 9.97. The van der Waals surface area contributed by atoms with Gasteiger partial charge in [0.15, 0.2) is 0 Å². The first-order valence-corrected chi connectivity index (χ1v) is 5.57. The second-order valence-corrected chi connectivity index (χ2v) is 4.44. The van der Waals surface area contributed by atoms with E-state index >= 15 is 0 Å². The van der Waals surface area contributed by atoms with Crippen molar-refractivity contribution in [1.82, 2.24) is 0 Å². The quantitative estimate of drug-likeness (QED) is 0.474. The van der Waals surface area contributed by atoms with Crippen molar-refractivity contribution in [3.8, 4) is 0 Å². The van der Waals surface area contributed by atoms with E-state index in [4.69, 9.17) is 4.74 Å².